The first kappa shape index (κ1) is 16.4. The lowest BCUT2D eigenvalue weighted by molar-refractivity contribution is -0.126. The van der Waals surface area contributed by atoms with Crippen LogP contribution in [0.3, 0.4) is 0 Å². The third-order valence-corrected chi connectivity index (χ3v) is 3.17. The smallest absolute Gasteiger partial charge is 0.223 e. The van der Waals surface area contributed by atoms with Gasteiger partial charge in [0.05, 0.1) is 11.0 Å². The molecule has 0 aliphatic heterocycles. The minimum atomic E-state index is -0.186. The van der Waals surface area contributed by atoms with E-state index in [-0.39, 0.29) is 23.8 Å². The van der Waals surface area contributed by atoms with Crippen LogP contribution < -0.4 is 11.1 Å². The van der Waals surface area contributed by atoms with Gasteiger partial charge in [0, 0.05) is 5.92 Å². The van der Waals surface area contributed by atoms with Gasteiger partial charge in [0.25, 0.3) is 0 Å². The number of nitrogens with one attached hydrogen (secondary N) is 1. The molecule has 0 bridgehead atoms. The molecule has 0 aromatic heterocycles. The van der Waals surface area contributed by atoms with Crippen LogP contribution in [-0.4, -0.2) is 16.9 Å². The maximum Gasteiger partial charge on any atom is 0.223 e. The summed E-state index contributed by atoms with van der Waals surface area (Å²) in [6.07, 6.45) is 3.92. The molecule has 1 unspecified atom stereocenters. The molecule has 0 spiro atoms. The topological polar surface area (TPSA) is 55.1 Å². The Morgan fingerprint density at radius 1 is 1.24 bits per heavy atom. The quantitative estimate of drug-likeness (QED) is 0.658. The fourth-order valence-electron chi connectivity index (χ4n) is 1.94. The third kappa shape index (κ3) is 6.01. The summed E-state index contributed by atoms with van der Waals surface area (Å²) in [5, 5.41) is 2.98. The number of hydrogen-bond acceptors (Lipinski definition) is 2. The minimum Gasteiger partial charge on any atom is -0.392 e. The summed E-state index contributed by atoms with van der Waals surface area (Å²) in [6, 6.07) is -0.186. The number of nitrogens with two attached hydrogens (primary N) is 1. The monoisotopic (exact) mass is 258 g/mol. The molecule has 0 aromatic carbocycles. The van der Waals surface area contributed by atoms with Gasteiger partial charge in [-0.05, 0) is 18.8 Å². The van der Waals surface area contributed by atoms with Gasteiger partial charge in [-0.3, -0.25) is 4.79 Å². The highest BCUT2D eigenvalue weighted by Gasteiger charge is 2.23. The van der Waals surface area contributed by atoms with Crippen LogP contribution in [0.4, 0.5) is 0 Å². The number of carbonyl (C=O) groups excluding carboxylic acids is 1. The van der Waals surface area contributed by atoms with Gasteiger partial charge >= 0.3 is 0 Å². The predicted octanol–water partition coefficient (Wildman–Crippen LogP) is 2.63. The average molecular weight is 258 g/mol. The van der Waals surface area contributed by atoms with Crippen molar-refractivity contribution in [2.45, 2.75) is 59.4 Å². The van der Waals surface area contributed by atoms with Gasteiger partial charge in [0.1, 0.15) is 0 Å². The number of hydrogen-bond donors (Lipinski definition) is 2. The molecule has 17 heavy (non-hydrogen) atoms. The zero-order chi connectivity index (χ0) is 13.4. The second kappa shape index (κ2) is 8.45. The van der Waals surface area contributed by atoms with E-state index in [2.05, 4.69) is 19.2 Å². The van der Waals surface area contributed by atoms with Gasteiger partial charge < -0.3 is 11.1 Å². The maximum atomic E-state index is 12.1. The second-order valence-electron chi connectivity index (χ2n) is 4.91. The first-order valence-corrected chi connectivity index (χ1v) is 6.94. The lowest BCUT2D eigenvalue weighted by Gasteiger charge is -2.24. The van der Waals surface area contributed by atoms with Gasteiger partial charge in [0.2, 0.25) is 5.91 Å². The molecular formula is C13H26N2OS. The number of rotatable bonds is 8. The Labute approximate surface area is 111 Å². The van der Waals surface area contributed by atoms with E-state index in [0.29, 0.717) is 4.99 Å². The van der Waals surface area contributed by atoms with Gasteiger partial charge in [0.15, 0.2) is 0 Å². The van der Waals surface area contributed by atoms with Gasteiger partial charge in [-0.25, -0.2) is 0 Å². The molecule has 0 heterocycles. The van der Waals surface area contributed by atoms with Crippen LogP contribution in [0, 0.1) is 11.8 Å². The van der Waals surface area contributed by atoms with Gasteiger partial charge in [-0.1, -0.05) is 52.8 Å². The van der Waals surface area contributed by atoms with E-state index in [0.717, 1.165) is 25.7 Å². The fourth-order valence-corrected chi connectivity index (χ4v) is 2.27. The van der Waals surface area contributed by atoms with Gasteiger partial charge in [-0.2, -0.15) is 0 Å². The van der Waals surface area contributed by atoms with Crippen LogP contribution in [0.5, 0.6) is 0 Å². The number of carbonyl (C=O) groups is 1. The number of amides is 1. The van der Waals surface area contributed by atoms with Crippen molar-refractivity contribution >= 4 is 23.1 Å². The van der Waals surface area contributed by atoms with Crippen molar-refractivity contribution in [1.29, 1.82) is 0 Å². The molecule has 1 atom stereocenters. The van der Waals surface area contributed by atoms with Crippen molar-refractivity contribution in [3.63, 3.8) is 0 Å². The van der Waals surface area contributed by atoms with Crippen molar-refractivity contribution in [3.8, 4) is 0 Å². The van der Waals surface area contributed by atoms with E-state index in [9.17, 15) is 4.79 Å². The lowest BCUT2D eigenvalue weighted by atomic mass is 9.96. The second-order valence-corrected chi connectivity index (χ2v) is 5.38. The standard InChI is InChI=1S/C13H26N2OS/c1-5-7-10(8-6-2)13(16)15-11(9(3)4)12(14)17/h9-11H,5-8H2,1-4H3,(H2,14,17)(H,15,16). The Morgan fingerprint density at radius 3 is 2.00 bits per heavy atom. The molecule has 0 aliphatic carbocycles. The van der Waals surface area contributed by atoms with Crippen LogP contribution in [0.15, 0.2) is 0 Å². The summed E-state index contributed by atoms with van der Waals surface area (Å²) in [6.45, 7) is 8.23. The van der Waals surface area contributed by atoms with E-state index < -0.39 is 0 Å². The molecule has 0 radical (unpaired) electrons. The molecule has 0 aliphatic rings. The fraction of sp³-hybridized carbons (Fsp3) is 0.846. The zero-order valence-corrected chi connectivity index (χ0v) is 12.3. The first-order valence-electron chi connectivity index (χ1n) is 6.53. The van der Waals surface area contributed by atoms with Crippen molar-refractivity contribution in [1.82, 2.24) is 5.32 Å². The Hall–Kier alpha value is -0.640. The van der Waals surface area contributed by atoms with E-state index >= 15 is 0 Å². The first-order chi connectivity index (χ1) is 7.93. The molecule has 1 amide bonds. The Kier molecular flexibility index (Phi) is 8.13. The van der Waals surface area contributed by atoms with E-state index in [4.69, 9.17) is 18.0 Å². The van der Waals surface area contributed by atoms with Crippen LogP contribution >= 0.6 is 12.2 Å². The third-order valence-electron chi connectivity index (χ3n) is 2.92. The molecule has 0 saturated heterocycles. The van der Waals surface area contributed by atoms with Crippen LogP contribution in [0.2, 0.25) is 0 Å². The van der Waals surface area contributed by atoms with E-state index in [1.54, 1.807) is 0 Å². The minimum absolute atomic E-state index is 0.0974. The Morgan fingerprint density at radius 2 is 1.71 bits per heavy atom. The van der Waals surface area contributed by atoms with E-state index in [1.165, 1.54) is 0 Å². The average Bonchev–Trinajstić information content (AvgIpc) is 2.24. The van der Waals surface area contributed by atoms with Crippen LogP contribution in [0.25, 0.3) is 0 Å². The molecule has 0 fully saturated rings. The van der Waals surface area contributed by atoms with Crippen LogP contribution in [0.1, 0.15) is 53.4 Å². The molecule has 3 nitrogen and oxygen atoms in total. The molecule has 100 valence electrons. The normalized spacial score (nSPS) is 12.8. The molecule has 3 N–H and O–H groups in total. The van der Waals surface area contributed by atoms with Gasteiger partial charge in [-0.15, -0.1) is 0 Å². The highest BCUT2D eigenvalue weighted by molar-refractivity contribution is 7.80. The van der Waals surface area contributed by atoms with E-state index in [1.807, 2.05) is 13.8 Å². The van der Waals surface area contributed by atoms with Crippen LogP contribution in [-0.2, 0) is 4.79 Å². The highest BCUT2D eigenvalue weighted by atomic mass is 32.1. The Balaban J connectivity index is 4.50. The molecular weight excluding hydrogens is 232 g/mol. The SMILES string of the molecule is CCCC(CCC)C(=O)NC(C(N)=S)C(C)C. The maximum absolute atomic E-state index is 12.1. The van der Waals surface area contributed by atoms with Crippen molar-refractivity contribution in [2.24, 2.45) is 17.6 Å². The van der Waals surface area contributed by atoms with Crippen molar-refractivity contribution in [3.05, 3.63) is 0 Å². The molecule has 0 saturated carbocycles. The summed E-state index contributed by atoms with van der Waals surface area (Å²) in [5.41, 5.74) is 5.65. The van der Waals surface area contributed by atoms with Crippen molar-refractivity contribution in [2.75, 3.05) is 0 Å². The summed E-state index contributed by atoms with van der Waals surface area (Å²) < 4.78 is 0. The highest BCUT2D eigenvalue weighted by Crippen LogP contribution is 2.14. The summed E-state index contributed by atoms with van der Waals surface area (Å²) in [5.74, 6) is 0.432. The largest absolute Gasteiger partial charge is 0.392 e. The molecule has 0 rings (SSSR count). The van der Waals surface area contributed by atoms with Crippen molar-refractivity contribution < 1.29 is 4.79 Å². The lowest BCUT2D eigenvalue weighted by Crippen LogP contribution is -2.48. The summed E-state index contributed by atoms with van der Waals surface area (Å²) in [7, 11) is 0. The number of thiocarbonyl (C=S) groups is 1. The summed E-state index contributed by atoms with van der Waals surface area (Å²) >= 11 is 4.99. The Bertz CT molecular complexity index is 248. The zero-order valence-electron chi connectivity index (χ0n) is 11.5. The summed E-state index contributed by atoms with van der Waals surface area (Å²) in [4.78, 5) is 12.5. The molecule has 4 heteroatoms. The predicted molar refractivity (Wildman–Crippen MR) is 76.9 cm³/mol. The molecule has 0 aromatic rings.